The van der Waals surface area contributed by atoms with Gasteiger partial charge < -0.3 is 0 Å². The topological polar surface area (TPSA) is 30.0 Å². The Bertz CT molecular complexity index is 301. The van der Waals surface area contributed by atoms with Gasteiger partial charge in [0.1, 0.15) is 0 Å². The molecule has 0 saturated carbocycles. The number of hydrogen-bond acceptors (Lipinski definition) is 2. The Balaban J connectivity index is 2.64. The van der Waals surface area contributed by atoms with Crippen LogP contribution >= 0.6 is 0 Å². The molecule has 0 bridgehead atoms. The predicted molar refractivity (Wildman–Crippen MR) is 53.1 cm³/mol. The van der Waals surface area contributed by atoms with Crippen LogP contribution in [0.3, 0.4) is 0 Å². The molecular weight excluding hydrogens is 162 g/mol. The van der Waals surface area contributed by atoms with E-state index in [1.54, 1.807) is 18.5 Å². The van der Waals surface area contributed by atoms with E-state index in [1.807, 2.05) is 32.1 Å². The van der Waals surface area contributed by atoms with Crippen molar-refractivity contribution < 1.29 is 4.79 Å². The molecule has 13 heavy (non-hydrogen) atoms. The van der Waals surface area contributed by atoms with Gasteiger partial charge in [-0.3, -0.25) is 9.78 Å². The fraction of sp³-hybridized carbons (Fsp3) is 0.273. The van der Waals surface area contributed by atoms with Crippen LogP contribution in [0.25, 0.3) is 6.08 Å². The molecule has 2 heteroatoms. The predicted octanol–water partition coefficient (Wildman–Crippen LogP) is 2.32. The molecule has 1 aromatic rings. The Hall–Kier alpha value is -1.44. The van der Waals surface area contributed by atoms with Crippen LogP contribution < -0.4 is 0 Å². The van der Waals surface area contributed by atoms with Gasteiger partial charge in [-0.05, 0) is 23.8 Å². The van der Waals surface area contributed by atoms with Crippen LogP contribution in [-0.2, 0) is 4.79 Å². The Morgan fingerprint density at radius 2 is 2.00 bits per heavy atom. The standard InChI is InChI=1S/C11H13NO/c1-9(2)11(13)4-3-10-5-7-12-8-6-10/h3-9H,1-2H3. The number of ketones is 1. The summed E-state index contributed by atoms with van der Waals surface area (Å²) in [5.41, 5.74) is 1.00. The molecule has 2 nitrogen and oxygen atoms in total. The minimum atomic E-state index is 0.0677. The van der Waals surface area contributed by atoms with E-state index in [1.165, 1.54) is 0 Å². The van der Waals surface area contributed by atoms with Gasteiger partial charge in [0.25, 0.3) is 0 Å². The zero-order valence-electron chi connectivity index (χ0n) is 7.90. The molecule has 0 aromatic carbocycles. The molecular formula is C11H13NO. The Kier molecular flexibility index (Phi) is 3.38. The van der Waals surface area contributed by atoms with Crippen LogP contribution in [0.1, 0.15) is 19.4 Å². The first-order valence-electron chi connectivity index (χ1n) is 4.32. The maximum Gasteiger partial charge on any atom is 0.158 e. The summed E-state index contributed by atoms with van der Waals surface area (Å²) in [6, 6.07) is 3.73. The lowest BCUT2D eigenvalue weighted by atomic mass is 10.1. The summed E-state index contributed by atoms with van der Waals surface area (Å²) in [5.74, 6) is 0.217. The maximum atomic E-state index is 11.2. The van der Waals surface area contributed by atoms with Crippen molar-refractivity contribution in [1.82, 2.24) is 4.98 Å². The first-order chi connectivity index (χ1) is 6.20. The van der Waals surface area contributed by atoms with Crippen molar-refractivity contribution in [1.29, 1.82) is 0 Å². The van der Waals surface area contributed by atoms with Gasteiger partial charge in [0.15, 0.2) is 5.78 Å². The summed E-state index contributed by atoms with van der Waals surface area (Å²) < 4.78 is 0. The second kappa shape index (κ2) is 4.55. The Labute approximate surface area is 78.3 Å². The molecule has 0 fully saturated rings. The molecule has 0 spiro atoms. The maximum absolute atomic E-state index is 11.2. The molecule has 0 saturated heterocycles. The molecule has 1 heterocycles. The van der Waals surface area contributed by atoms with Crippen LogP contribution in [0.5, 0.6) is 0 Å². The van der Waals surface area contributed by atoms with Gasteiger partial charge in [-0.25, -0.2) is 0 Å². The largest absolute Gasteiger partial charge is 0.295 e. The van der Waals surface area contributed by atoms with E-state index in [4.69, 9.17) is 0 Å². The van der Waals surface area contributed by atoms with Crippen molar-refractivity contribution in [3.8, 4) is 0 Å². The smallest absolute Gasteiger partial charge is 0.158 e. The Morgan fingerprint density at radius 1 is 1.38 bits per heavy atom. The molecule has 0 amide bonds. The highest BCUT2D eigenvalue weighted by Gasteiger charge is 2.00. The average Bonchev–Trinajstić information content (AvgIpc) is 2.15. The van der Waals surface area contributed by atoms with Crippen molar-refractivity contribution in [2.45, 2.75) is 13.8 Å². The van der Waals surface area contributed by atoms with E-state index in [0.29, 0.717) is 0 Å². The fourth-order valence-corrected chi connectivity index (χ4v) is 0.845. The number of aromatic nitrogens is 1. The fourth-order valence-electron chi connectivity index (χ4n) is 0.845. The zero-order chi connectivity index (χ0) is 9.68. The molecule has 0 radical (unpaired) electrons. The third-order valence-corrected chi connectivity index (χ3v) is 1.72. The Morgan fingerprint density at radius 3 is 2.54 bits per heavy atom. The summed E-state index contributed by atoms with van der Waals surface area (Å²) in [6.45, 7) is 3.78. The third-order valence-electron chi connectivity index (χ3n) is 1.72. The SMILES string of the molecule is CC(C)C(=O)C=Cc1ccncc1. The third kappa shape index (κ3) is 3.20. The highest BCUT2D eigenvalue weighted by molar-refractivity contribution is 5.94. The second-order valence-electron chi connectivity index (χ2n) is 3.17. The zero-order valence-corrected chi connectivity index (χ0v) is 7.90. The van der Waals surface area contributed by atoms with E-state index in [0.717, 1.165) is 5.56 Å². The second-order valence-corrected chi connectivity index (χ2v) is 3.17. The van der Waals surface area contributed by atoms with Crippen molar-refractivity contribution in [3.63, 3.8) is 0 Å². The lowest BCUT2D eigenvalue weighted by Crippen LogP contribution is -2.01. The molecule has 0 atom stereocenters. The van der Waals surface area contributed by atoms with Gasteiger partial charge in [-0.2, -0.15) is 0 Å². The number of carbonyl (C=O) groups excluding carboxylic acids is 1. The molecule has 0 N–H and O–H groups in total. The van der Waals surface area contributed by atoms with E-state index in [-0.39, 0.29) is 11.7 Å². The average molecular weight is 175 g/mol. The highest BCUT2D eigenvalue weighted by Crippen LogP contribution is 2.02. The molecule has 0 aliphatic heterocycles. The molecule has 1 rings (SSSR count). The van der Waals surface area contributed by atoms with Gasteiger partial charge in [-0.1, -0.05) is 19.9 Å². The quantitative estimate of drug-likeness (QED) is 0.660. The minimum Gasteiger partial charge on any atom is -0.295 e. The summed E-state index contributed by atoms with van der Waals surface area (Å²) in [6.07, 6.45) is 6.84. The van der Waals surface area contributed by atoms with Gasteiger partial charge >= 0.3 is 0 Å². The normalized spacial score (nSPS) is 11.0. The summed E-state index contributed by atoms with van der Waals surface area (Å²) in [4.78, 5) is 15.1. The lowest BCUT2D eigenvalue weighted by molar-refractivity contribution is -0.117. The van der Waals surface area contributed by atoms with Crippen LogP contribution in [-0.4, -0.2) is 10.8 Å². The summed E-state index contributed by atoms with van der Waals surface area (Å²) in [5, 5.41) is 0. The number of pyridine rings is 1. The van der Waals surface area contributed by atoms with Crippen molar-refractivity contribution in [2.75, 3.05) is 0 Å². The summed E-state index contributed by atoms with van der Waals surface area (Å²) >= 11 is 0. The van der Waals surface area contributed by atoms with Crippen molar-refractivity contribution >= 4 is 11.9 Å². The first kappa shape index (κ1) is 9.65. The van der Waals surface area contributed by atoms with E-state index < -0.39 is 0 Å². The van der Waals surface area contributed by atoms with E-state index in [2.05, 4.69) is 4.98 Å². The number of allylic oxidation sites excluding steroid dienone is 1. The molecule has 0 unspecified atom stereocenters. The van der Waals surface area contributed by atoms with Gasteiger partial charge in [0.2, 0.25) is 0 Å². The van der Waals surface area contributed by atoms with E-state index >= 15 is 0 Å². The van der Waals surface area contributed by atoms with Gasteiger partial charge in [0.05, 0.1) is 0 Å². The van der Waals surface area contributed by atoms with Crippen LogP contribution in [0.2, 0.25) is 0 Å². The lowest BCUT2D eigenvalue weighted by Gasteiger charge is -1.96. The van der Waals surface area contributed by atoms with Crippen LogP contribution in [0.4, 0.5) is 0 Å². The number of carbonyl (C=O) groups is 1. The molecule has 68 valence electrons. The minimum absolute atomic E-state index is 0.0677. The van der Waals surface area contributed by atoms with Gasteiger partial charge in [0, 0.05) is 18.3 Å². The van der Waals surface area contributed by atoms with E-state index in [9.17, 15) is 4.79 Å². The number of nitrogens with zero attached hydrogens (tertiary/aromatic N) is 1. The van der Waals surface area contributed by atoms with Crippen LogP contribution in [0, 0.1) is 5.92 Å². The van der Waals surface area contributed by atoms with Crippen LogP contribution in [0.15, 0.2) is 30.6 Å². The van der Waals surface area contributed by atoms with Gasteiger partial charge in [-0.15, -0.1) is 0 Å². The molecule has 1 aromatic heterocycles. The monoisotopic (exact) mass is 175 g/mol. The molecule has 0 aliphatic carbocycles. The number of hydrogen-bond donors (Lipinski definition) is 0. The number of rotatable bonds is 3. The van der Waals surface area contributed by atoms with Crippen molar-refractivity contribution in [3.05, 3.63) is 36.2 Å². The van der Waals surface area contributed by atoms with Crippen molar-refractivity contribution in [2.24, 2.45) is 5.92 Å². The summed E-state index contributed by atoms with van der Waals surface area (Å²) in [7, 11) is 0. The molecule has 0 aliphatic rings. The first-order valence-corrected chi connectivity index (χ1v) is 4.32. The highest BCUT2D eigenvalue weighted by atomic mass is 16.1.